The molecule has 0 radical (unpaired) electrons. The van der Waals surface area contributed by atoms with Crippen LogP contribution >= 0.6 is 11.8 Å². The van der Waals surface area contributed by atoms with Crippen molar-refractivity contribution in [3.8, 4) is 17.5 Å². The van der Waals surface area contributed by atoms with Crippen LogP contribution in [-0.2, 0) is 4.79 Å². The Morgan fingerprint density at radius 2 is 1.88 bits per heavy atom. The highest BCUT2D eigenvalue weighted by Crippen LogP contribution is 2.30. The third kappa shape index (κ3) is 4.99. The highest BCUT2D eigenvalue weighted by Gasteiger charge is 2.26. The van der Waals surface area contributed by atoms with Gasteiger partial charge in [-0.15, -0.1) is 0 Å². The van der Waals surface area contributed by atoms with Crippen molar-refractivity contribution in [1.29, 1.82) is 0 Å². The lowest BCUT2D eigenvalue weighted by Gasteiger charge is -2.30. The average Bonchev–Trinajstić information content (AvgIpc) is 3.09. The second kappa shape index (κ2) is 9.27. The Labute approximate surface area is 187 Å². The van der Waals surface area contributed by atoms with Crippen LogP contribution in [0.25, 0.3) is 6.08 Å². The van der Waals surface area contributed by atoms with Crippen LogP contribution in [0.1, 0.15) is 24.0 Å². The summed E-state index contributed by atoms with van der Waals surface area (Å²) in [6, 6.07) is 7.00. The van der Waals surface area contributed by atoms with Gasteiger partial charge in [0.1, 0.15) is 18.2 Å². The number of carbonyl (C=O) groups excluding carboxylic acids is 2. The first-order chi connectivity index (χ1) is 15.4. The maximum atomic E-state index is 11.7. The first kappa shape index (κ1) is 21.6. The highest BCUT2D eigenvalue weighted by atomic mass is 32.2. The number of thioether (sulfide) groups is 1. The minimum atomic E-state index is -0.918. The molecule has 1 aromatic heterocycles. The number of hydrogen-bond donors (Lipinski definition) is 2. The van der Waals surface area contributed by atoms with E-state index in [9.17, 15) is 14.4 Å². The van der Waals surface area contributed by atoms with E-state index in [-0.39, 0.29) is 11.3 Å². The van der Waals surface area contributed by atoms with Crippen molar-refractivity contribution in [3.05, 3.63) is 46.6 Å². The topological polar surface area (TPSA) is 131 Å². The van der Waals surface area contributed by atoms with E-state index >= 15 is 0 Å². The Bertz CT molecular complexity index is 1080. The summed E-state index contributed by atoms with van der Waals surface area (Å²) in [6.45, 7) is 2.64. The largest absolute Gasteiger partial charge is 0.474 e. The van der Waals surface area contributed by atoms with Gasteiger partial charge in [-0.3, -0.25) is 14.9 Å². The van der Waals surface area contributed by atoms with Crippen molar-refractivity contribution in [2.45, 2.75) is 25.9 Å². The number of piperidine rings is 1. The number of nitrogens with zero attached hydrogens (tertiary/aromatic N) is 3. The fraction of sp³-hybridized carbons (Fsp3) is 0.286. The number of rotatable bonds is 5. The molecule has 0 aliphatic carbocycles. The molecule has 2 fully saturated rings. The third-order valence-electron chi connectivity index (χ3n) is 5.02. The summed E-state index contributed by atoms with van der Waals surface area (Å²) in [5.41, 5.74) is 1.39. The van der Waals surface area contributed by atoms with E-state index in [2.05, 4.69) is 15.3 Å². The number of benzene rings is 1. The van der Waals surface area contributed by atoms with E-state index < -0.39 is 12.0 Å². The number of aromatic nitrogens is 2. The van der Waals surface area contributed by atoms with Gasteiger partial charge in [-0.25, -0.2) is 14.8 Å². The molecule has 3 heterocycles. The molecule has 0 spiro atoms. The Morgan fingerprint density at radius 1 is 1.19 bits per heavy atom. The lowest BCUT2D eigenvalue weighted by molar-refractivity contribution is -0.115. The first-order valence-corrected chi connectivity index (χ1v) is 10.7. The van der Waals surface area contributed by atoms with Crippen molar-refractivity contribution >= 4 is 35.1 Å². The third-order valence-corrected chi connectivity index (χ3v) is 5.83. The van der Waals surface area contributed by atoms with Crippen LogP contribution in [-0.4, -0.2) is 56.4 Å². The molecule has 0 saturated carbocycles. The van der Waals surface area contributed by atoms with E-state index in [1.807, 2.05) is 0 Å². The number of nitrogens with one attached hydrogen (secondary N) is 1. The Morgan fingerprint density at radius 3 is 2.50 bits per heavy atom. The summed E-state index contributed by atoms with van der Waals surface area (Å²) in [4.78, 5) is 44.0. The Kier molecular flexibility index (Phi) is 6.26. The van der Waals surface area contributed by atoms with Crippen molar-refractivity contribution < 1.29 is 29.0 Å². The van der Waals surface area contributed by atoms with E-state index in [0.717, 1.165) is 17.3 Å². The molecule has 3 amide bonds. The van der Waals surface area contributed by atoms with Crippen molar-refractivity contribution in [2.75, 3.05) is 13.1 Å². The van der Waals surface area contributed by atoms with Crippen molar-refractivity contribution in [1.82, 2.24) is 20.2 Å². The van der Waals surface area contributed by atoms with E-state index in [1.165, 1.54) is 11.2 Å². The summed E-state index contributed by atoms with van der Waals surface area (Å²) in [5, 5.41) is 10.9. The fourth-order valence-electron chi connectivity index (χ4n) is 3.28. The summed E-state index contributed by atoms with van der Waals surface area (Å²) in [7, 11) is 0. The Balaban J connectivity index is 1.41. The fourth-order valence-corrected chi connectivity index (χ4v) is 3.96. The molecule has 1 aromatic carbocycles. The summed E-state index contributed by atoms with van der Waals surface area (Å²) in [5.74, 6) is 0.881. The molecule has 166 valence electrons. The zero-order chi connectivity index (χ0) is 22.7. The van der Waals surface area contributed by atoms with Gasteiger partial charge in [0, 0.05) is 25.9 Å². The van der Waals surface area contributed by atoms with E-state index in [4.69, 9.17) is 14.6 Å². The lowest BCUT2D eigenvalue weighted by atomic mass is 10.1. The first-order valence-electron chi connectivity index (χ1n) is 9.88. The smallest absolute Gasteiger partial charge is 0.407 e. The minimum Gasteiger partial charge on any atom is -0.474 e. The zero-order valence-corrected chi connectivity index (χ0v) is 17.9. The number of likely N-dealkylation sites (tertiary alicyclic amines) is 1. The molecule has 2 aliphatic heterocycles. The predicted molar refractivity (Wildman–Crippen MR) is 116 cm³/mol. The molecule has 11 heteroatoms. The molecular weight excluding hydrogens is 436 g/mol. The van der Waals surface area contributed by atoms with Crippen LogP contribution in [0.4, 0.5) is 9.59 Å². The molecule has 0 bridgehead atoms. The molecular formula is C21H20N4O6S. The molecule has 2 N–H and O–H groups in total. The van der Waals surface area contributed by atoms with Crippen LogP contribution in [0.15, 0.2) is 35.5 Å². The molecule has 0 atom stereocenters. The summed E-state index contributed by atoms with van der Waals surface area (Å²) >= 11 is 0.862. The second-order valence-electron chi connectivity index (χ2n) is 7.22. The predicted octanol–water partition coefficient (Wildman–Crippen LogP) is 3.42. The monoisotopic (exact) mass is 456 g/mol. The second-order valence-corrected chi connectivity index (χ2v) is 8.23. The normalized spacial score (nSPS) is 18.0. The molecule has 2 aliphatic rings. The van der Waals surface area contributed by atoms with Gasteiger partial charge in [0.05, 0.1) is 10.5 Å². The molecule has 10 nitrogen and oxygen atoms in total. The van der Waals surface area contributed by atoms with E-state index in [0.29, 0.717) is 53.9 Å². The van der Waals surface area contributed by atoms with Crippen LogP contribution < -0.4 is 14.8 Å². The molecule has 0 unspecified atom stereocenters. The van der Waals surface area contributed by atoms with Crippen LogP contribution in [0.5, 0.6) is 17.5 Å². The number of carboxylic acid groups (broad SMARTS) is 1. The number of ether oxygens (including phenoxy) is 2. The maximum absolute atomic E-state index is 11.7. The SMILES string of the molecule is Cc1c(Oc2ccc(/C=C3/SC(=O)NC3=O)cc2)ncnc1OC1CCN(C(=O)O)CC1. The molecule has 32 heavy (non-hydrogen) atoms. The van der Waals surface area contributed by atoms with Gasteiger partial charge in [-0.2, -0.15) is 0 Å². The standard InChI is InChI=1S/C21H20N4O6S/c1-12-18(22-11-23-19(12)31-15-6-8-25(9-7-15)21(28)29)30-14-4-2-13(3-5-14)10-16-17(26)24-20(27)32-16/h2-5,10-11,15H,6-9H2,1H3,(H,28,29)(H,24,26,27)/b16-10+. The van der Waals surface area contributed by atoms with Gasteiger partial charge in [0.25, 0.3) is 11.1 Å². The highest BCUT2D eigenvalue weighted by molar-refractivity contribution is 8.18. The van der Waals surface area contributed by atoms with Gasteiger partial charge < -0.3 is 19.5 Å². The van der Waals surface area contributed by atoms with Crippen LogP contribution in [0.2, 0.25) is 0 Å². The molecule has 2 aromatic rings. The summed E-state index contributed by atoms with van der Waals surface area (Å²) < 4.78 is 11.9. The number of hydrogen-bond acceptors (Lipinski definition) is 8. The van der Waals surface area contributed by atoms with Gasteiger partial charge in [0.2, 0.25) is 11.8 Å². The van der Waals surface area contributed by atoms with Gasteiger partial charge in [-0.05, 0) is 42.5 Å². The van der Waals surface area contributed by atoms with Crippen LogP contribution in [0, 0.1) is 6.92 Å². The van der Waals surface area contributed by atoms with Gasteiger partial charge >= 0.3 is 6.09 Å². The van der Waals surface area contributed by atoms with Crippen molar-refractivity contribution in [3.63, 3.8) is 0 Å². The van der Waals surface area contributed by atoms with Crippen molar-refractivity contribution in [2.24, 2.45) is 0 Å². The summed E-state index contributed by atoms with van der Waals surface area (Å²) in [6.07, 6.45) is 3.12. The lowest BCUT2D eigenvalue weighted by Crippen LogP contribution is -2.41. The number of imide groups is 1. The molecule has 4 rings (SSSR count). The number of amides is 3. The minimum absolute atomic E-state index is 0.128. The van der Waals surface area contributed by atoms with E-state index in [1.54, 1.807) is 37.3 Å². The Hall–Kier alpha value is -3.60. The average molecular weight is 456 g/mol. The zero-order valence-electron chi connectivity index (χ0n) is 17.1. The molecule has 2 saturated heterocycles. The van der Waals surface area contributed by atoms with Crippen LogP contribution in [0.3, 0.4) is 0 Å². The van der Waals surface area contributed by atoms with Gasteiger partial charge in [-0.1, -0.05) is 12.1 Å². The number of carbonyl (C=O) groups is 3. The van der Waals surface area contributed by atoms with Gasteiger partial charge in [0.15, 0.2) is 0 Å². The maximum Gasteiger partial charge on any atom is 0.407 e. The quantitative estimate of drug-likeness (QED) is 0.650.